The highest BCUT2D eigenvalue weighted by Crippen LogP contribution is 2.26. The summed E-state index contributed by atoms with van der Waals surface area (Å²) in [5.74, 6) is 0.0908. The predicted octanol–water partition coefficient (Wildman–Crippen LogP) is 1.52. The standard InChI is InChI=1S/C17H25N3O/c21-17(19-12-14-6-2-1-3-7-14)13-18-15-9-11-20-10-5-4-8-16(15)20/h1-3,6-7,15-16,18H,4-5,8-13H2,(H,19,21). The molecular weight excluding hydrogens is 262 g/mol. The molecule has 0 spiro atoms. The molecule has 114 valence electrons. The Bertz CT molecular complexity index is 462. The number of nitrogens with one attached hydrogen (secondary N) is 2. The molecule has 21 heavy (non-hydrogen) atoms. The molecular formula is C17H25N3O. The van der Waals surface area contributed by atoms with Crippen LogP contribution in [0.1, 0.15) is 31.2 Å². The summed E-state index contributed by atoms with van der Waals surface area (Å²) in [6, 6.07) is 11.2. The van der Waals surface area contributed by atoms with Crippen molar-refractivity contribution in [3.8, 4) is 0 Å². The number of hydrogen-bond acceptors (Lipinski definition) is 3. The molecule has 0 bridgehead atoms. The molecule has 2 saturated heterocycles. The van der Waals surface area contributed by atoms with Crippen molar-refractivity contribution < 1.29 is 4.79 Å². The van der Waals surface area contributed by atoms with Crippen molar-refractivity contribution in [2.45, 2.75) is 44.3 Å². The number of rotatable bonds is 5. The molecule has 2 unspecified atom stereocenters. The number of nitrogens with zero attached hydrogens (tertiary/aromatic N) is 1. The Kier molecular flexibility index (Phi) is 4.88. The smallest absolute Gasteiger partial charge is 0.234 e. The first kappa shape index (κ1) is 14.5. The summed E-state index contributed by atoms with van der Waals surface area (Å²) in [4.78, 5) is 14.5. The van der Waals surface area contributed by atoms with Gasteiger partial charge in [-0.2, -0.15) is 0 Å². The monoisotopic (exact) mass is 287 g/mol. The van der Waals surface area contributed by atoms with Crippen LogP contribution in [0.3, 0.4) is 0 Å². The van der Waals surface area contributed by atoms with Gasteiger partial charge < -0.3 is 10.6 Å². The number of benzene rings is 1. The van der Waals surface area contributed by atoms with Crippen LogP contribution in [0.5, 0.6) is 0 Å². The first-order valence-corrected chi connectivity index (χ1v) is 8.11. The molecule has 2 heterocycles. The summed E-state index contributed by atoms with van der Waals surface area (Å²) in [6.45, 7) is 3.47. The van der Waals surface area contributed by atoms with Crippen molar-refractivity contribution in [3.63, 3.8) is 0 Å². The topological polar surface area (TPSA) is 44.4 Å². The van der Waals surface area contributed by atoms with Crippen molar-refractivity contribution in [2.24, 2.45) is 0 Å². The van der Waals surface area contributed by atoms with E-state index in [1.165, 1.54) is 38.8 Å². The summed E-state index contributed by atoms with van der Waals surface area (Å²) < 4.78 is 0. The van der Waals surface area contributed by atoms with E-state index in [4.69, 9.17) is 0 Å². The summed E-state index contributed by atoms with van der Waals surface area (Å²) in [6.07, 6.45) is 5.13. The molecule has 4 nitrogen and oxygen atoms in total. The van der Waals surface area contributed by atoms with Gasteiger partial charge in [0, 0.05) is 25.2 Å². The minimum atomic E-state index is 0.0908. The van der Waals surface area contributed by atoms with E-state index >= 15 is 0 Å². The SMILES string of the molecule is O=C(CNC1CCN2CCCCC12)NCc1ccccc1. The Morgan fingerprint density at radius 2 is 2.00 bits per heavy atom. The molecule has 1 aromatic rings. The lowest BCUT2D eigenvalue weighted by Crippen LogP contribution is -2.47. The van der Waals surface area contributed by atoms with Crippen LogP contribution in [-0.4, -0.2) is 42.5 Å². The van der Waals surface area contributed by atoms with Gasteiger partial charge >= 0.3 is 0 Å². The summed E-state index contributed by atoms with van der Waals surface area (Å²) in [5.41, 5.74) is 1.14. The predicted molar refractivity (Wildman–Crippen MR) is 83.9 cm³/mol. The quantitative estimate of drug-likeness (QED) is 0.863. The van der Waals surface area contributed by atoms with Crippen LogP contribution < -0.4 is 10.6 Å². The van der Waals surface area contributed by atoms with Crippen molar-refractivity contribution in [3.05, 3.63) is 35.9 Å². The molecule has 0 radical (unpaired) electrons. The highest BCUT2D eigenvalue weighted by molar-refractivity contribution is 5.78. The lowest BCUT2D eigenvalue weighted by Gasteiger charge is -2.32. The zero-order valence-electron chi connectivity index (χ0n) is 12.6. The molecule has 0 aromatic heterocycles. The maximum absolute atomic E-state index is 11.9. The van der Waals surface area contributed by atoms with E-state index < -0.39 is 0 Å². The van der Waals surface area contributed by atoms with Crippen LogP contribution in [0.15, 0.2) is 30.3 Å². The number of amides is 1. The number of carbonyl (C=O) groups is 1. The second-order valence-electron chi connectivity index (χ2n) is 6.14. The maximum Gasteiger partial charge on any atom is 0.234 e. The molecule has 4 heteroatoms. The van der Waals surface area contributed by atoms with Crippen LogP contribution in [0.2, 0.25) is 0 Å². The molecule has 2 aliphatic rings. The molecule has 2 aliphatic heterocycles. The first-order valence-electron chi connectivity index (χ1n) is 8.11. The summed E-state index contributed by atoms with van der Waals surface area (Å²) >= 11 is 0. The Morgan fingerprint density at radius 1 is 1.14 bits per heavy atom. The number of fused-ring (bicyclic) bond motifs is 1. The fraction of sp³-hybridized carbons (Fsp3) is 0.588. The van der Waals surface area contributed by atoms with E-state index in [-0.39, 0.29) is 5.91 Å². The lowest BCUT2D eigenvalue weighted by atomic mass is 9.99. The zero-order chi connectivity index (χ0) is 14.5. The van der Waals surface area contributed by atoms with Gasteiger partial charge in [0.2, 0.25) is 5.91 Å². The summed E-state index contributed by atoms with van der Waals surface area (Å²) in [7, 11) is 0. The van der Waals surface area contributed by atoms with E-state index in [0.717, 1.165) is 5.56 Å². The van der Waals surface area contributed by atoms with Crippen molar-refractivity contribution >= 4 is 5.91 Å². The highest BCUT2D eigenvalue weighted by atomic mass is 16.1. The van der Waals surface area contributed by atoms with E-state index in [0.29, 0.717) is 25.2 Å². The van der Waals surface area contributed by atoms with E-state index in [9.17, 15) is 4.79 Å². The van der Waals surface area contributed by atoms with Crippen molar-refractivity contribution in [2.75, 3.05) is 19.6 Å². The van der Waals surface area contributed by atoms with E-state index in [2.05, 4.69) is 15.5 Å². The zero-order valence-corrected chi connectivity index (χ0v) is 12.6. The molecule has 3 rings (SSSR count). The van der Waals surface area contributed by atoms with Gasteiger partial charge in [-0.25, -0.2) is 0 Å². The maximum atomic E-state index is 11.9. The minimum Gasteiger partial charge on any atom is -0.351 e. The Hall–Kier alpha value is -1.39. The molecule has 0 aliphatic carbocycles. The van der Waals surface area contributed by atoms with Crippen molar-refractivity contribution in [1.29, 1.82) is 0 Å². The van der Waals surface area contributed by atoms with Gasteiger partial charge in [-0.1, -0.05) is 36.8 Å². The lowest BCUT2D eigenvalue weighted by molar-refractivity contribution is -0.120. The normalized spacial score (nSPS) is 25.5. The third-order valence-corrected chi connectivity index (χ3v) is 4.71. The number of piperidine rings is 1. The van der Waals surface area contributed by atoms with Crippen LogP contribution >= 0.6 is 0 Å². The van der Waals surface area contributed by atoms with E-state index in [1.807, 2.05) is 30.3 Å². The van der Waals surface area contributed by atoms with Gasteiger partial charge in [0.05, 0.1) is 6.54 Å². The Balaban J connectivity index is 1.40. The van der Waals surface area contributed by atoms with E-state index in [1.54, 1.807) is 0 Å². The third-order valence-electron chi connectivity index (χ3n) is 4.71. The van der Waals surface area contributed by atoms with Crippen molar-refractivity contribution in [1.82, 2.24) is 15.5 Å². The van der Waals surface area contributed by atoms with Crippen LogP contribution in [0.4, 0.5) is 0 Å². The highest BCUT2D eigenvalue weighted by Gasteiger charge is 2.35. The van der Waals surface area contributed by atoms with Gasteiger partial charge in [0.1, 0.15) is 0 Å². The minimum absolute atomic E-state index is 0.0908. The molecule has 2 fully saturated rings. The van der Waals surface area contributed by atoms with Gasteiger partial charge in [0.15, 0.2) is 0 Å². The number of carbonyl (C=O) groups excluding carboxylic acids is 1. The summed E-state index contributed by atoms with van der Waals surface area (Å²) in [5, 5.41) is 6.44. The van der Waals surface area contributed by atoms with Gasteiger partial charge in [0.25, 0.3) is 0 Å². The second-order valence-corrected chi connectivity index (χ2v) is 6.14. The average Bonchev–Trinajstić information content (AvgIpc) is 2.95. The Morgan fingerprint density at radius 3 is 2.86 bits per heavy atom. The third kappa shape index (κ3) is 3.83. The first-order chi connectivity index (χ1) is 10.3. The fourth-order valence-electron chi connectivity index (χ4n) is 3.57. The van der Waals surface area contributed by atoms with Crippen LogP contribution in [0, 0.1) is 0 Å². The van der Waals surface area contributed by atoms with Gasteiger partial charge in [-0.15, -0.1) is 0 Å². The van der Waals surface area contributed by atoms with Gasteiger partial charge in [-0.05, 0) is 31.4 Å². The number of hydrogen-bond donors (Lipinski definition) is 2. The molecule has 0 saturated carbocycles. The fourth-order valence-corrected chi connectivity index (χ4v) is 3.57. The molecule has 2 N–H and O–H groups in total. The average molecular weight is 287 g/mol. The molecule has 1 aromatic carbocycles. The second kappa shape index (κ2) is 7.05. The molecule has 2 atom stereocenters. The van der Waals surface area contributed by atoms with Crippen LogP contribution in [0.25, 0.3) is 0 Å². The largest absolute Gasteiger partial charge is 0.351 e. The van der Waals surface area contributed by atoms with Gasteiger partial charge in [-0.3, -0.25) is 9.69 Å². The molecule has 1 amide bonds. The Labute approximate surface area is 126 Å². The van der Waals surface area contributed by atoms with Crippen LogP contribution in [-0.2, 0) is 11.3 Å².